The average molecular weight is 558 g/mol. The van der Waals surface area contributed by atoms with E-state index in [2.05, 4.69) is 40.3 Å². The largest absolute Gasteiger partial charge is 0.455 e. The standard InChI is InChI=1S/C27H31N11O3/c1-27(2,3)41-25(39)21-9-17(5-6-28-21)18-10-30-26(31-11-18)37-7-8-40-20(15-37)16-38-24-23(34-35-38)29-13-22(33-24)19-12-32-36(4)14-19/h5,10-14,20H,6-9,15-16H2,1-4H3. The molecule has 2 aliphatic heterocycles. The summed E-state index contributed by atoms with van der Waals surface area (Å²) in [5, 5.41) is 12.7. The molecule has 0 aromatic carbocycles. The van der Waals surface area contributed by atoms with E-state index < -0.39 is 5.60 Å². The van der Waals surface area contributed by atoms with E-state index in [-0.39, 0.29) is 12.1 Å². The minimum atomic E-state index is -0.570. The molecule has 4 aromatic heterocycles. The Labute approximate surface area is 236 Å². The minimum Gasteiger partial charge on any atom is -0.455 e. The van der Waals surface area contributed by atoms with Crippen molar-refractivity contribution in [3.8, 4) is 11.3 Å². The summed E-state index contributed by atoms with van der Waals surface area (Å²) in [6.45, 7) is 8.17. The van der Waals surface area contributed by atoms with E-state index >= 15 is 0 Å². The first-order chi connectivity index (χ1) is 19.7. The normalized spacial score (nSPS) is 17.9. The fourth-order valence-electron chi connectivity index (χ4n) is 4.69. The van der Waals surface area contributed by atoms with Crippen LogP contribution in [0.25, 0.3) is 28.1 Å². The van der Waals surface area contributed by atoms with Gasteiger partial charge in [-0.3, -0.25) is 9.67 Å². The van der Waals surface area contributed by atoms with Gasteiger partial charge in [0.15, 0.2) is 5.65 Å². The van der Waals surface area contributed by atoms with E-state index in [0.717, 1.165) is 16.7 Å². The molecule has 0 bridgehead atoms. The highest BCUT2D eigenvalue weighted by Crippen LogP contribution is 2.24. The fourth-order valence-corrected chi connectivity index (χ4v) is 4.69. The Balaban J connectivity index is 1.11. The van der Waals surface area contributed by atoms with Crippen molar-refractivity contribution in [3.05, 3.63) is 42.6 Å². The van der Waals surface area contributed by atoms with E-state index in [0.29, 0.717) is 67.9 Å². The zero-order chi connectivity index (χ0) is 28.6. The first-order valence-electron chi connectivity index (χ1n) is 13.4. The first-order valence-corrected chi connectivity index (χ1v) is 13.4. The fraction of sp³-hybridized carbons (Fsp3) is 0.444. The summed E-state index contributed by atoms with van der Waals surface area (Å²) in [6, 6.07) is 0. The van der Waals surface area contributed by atoms with Crippen LogP contribution in [0.4, 0.5) is 5.95 Å². The van der Waals surface area contributed by atoms with E-state index in [4.69, 9.17) is 14.5 Å². The molecule has 1 unspecified atom stereocenters. The quantitative estimate of drug-likeness (QED) is 0.320. The molecule has 6 rings (SSSR count). The van der Waals surface area contributed by atoms with Crippen LogP contribution in [0.3, 0.4) is 0 Å². The zero-order valence-corrected chi connectivity index (χ0v) is 23.4. The number of dihydropyridines is 1. The van der Waals surface area contributed by atoms with Crippen molar-refractivity contribution in [2.24, 2.45) is 12.0 Å². The van der Waals surface area contributed by atoms with Gasteiger partial charge in [0.2, 0.25) is 11.6 Å². The molecule has 6 heterocycles. The number of aromatic nitrogens is 9. The van der Waals surface area contributed by atoms with Crippen molar-refractivity contribution in [3.63, 3.8) is 0 Å². The number of morpholine rings is 1. The van der Waals surface area contributed by atoms with Gasteiger partial charge in [0.25, 0.3) is 0 Å². The monoisotopic (exact) mass is 557 g/mol. The number of carbonyl (C=O) groups excluding carboxylic acids is 1. The lowest BCUT2D eigenvalue weighted by atomic mass is 10.00. The third kappa shape index (κ3) is 5.96. The zero-order valence-electron chi connectivity index (χ0n) is 23.4. The predicted molar refractivity (Wildman–Crippen MR) is 150 cm³/mol. The van der Waals surface area contributed by atoms with Crippen molar-refractivity contribution in [1.82, 2.24) is 44.7 Å². The number of anilines is 1. The molecule has 0 spiro atoms. The molecule has 41 heavy (non-hydrogen) atoms. The van der Waals surface area contributed by atoms with Crippen LogP contribution in [0.2, 0.25) is 0 Å². The number of nitrogens with zero attached hydrogens (tertiary/aromatic N) is 11. The minimum absolute atomic E-state index is 0.172. The smallest absolute Gasteiger partial charge is 0.353 e. The van der Waals surface area contributed by atoms with Gasteiger partial charge in [0.05, 0.1) is 43.9 Å². The number of hydrogen-bond acceptors (Lipinski definition) is 12. The molecule has 1 fully saturated rings. The molecule has 1 saturated heterocycles. The summed E-state index contributed by atoms with van der Waals surface area (Å²) in [6.07, 6.45) is 11.1. The molecule has 0 aliphatic carbocycles. The SMILES string of the molecule is Cn1cc(-c2cnc3nnn(CC4CN(c5ncc(C6=CCN=C(C(=O)OC(C)(C)C)C6)cn5)CCO4)c3n2)cn1. The average Bonchev–Trinajstić information content (AvgIpc) is 3.58. The number of fused-ring (bicyclic) bond motifs is 1. The van der Waals surface area contributed by atoms with E-state index in [1.54, 1.807) is 34.2 Å². The van der Waals surface area contributed by atoms with Crippen molar-refractivity contribution >= 4 is 34.5 Å². The number of hydrogen-bond donors (Lipinski definition) is 0. The lowest BCUT2D eigenvalue weighted by molar-refractivity contribution is -0.146. The molecular formula is C27H31N11O3. The van der Waals surface area contributed by atoms with Crippen molar-refractivity contribution in [2.45, 2.75) is 45.4 Å². The van der Waals surface area contributed by atoms with Crippen LogP contribution in [-0.4, -0.2) is 94.3 Å². The predicted octanol–water partition coefficient (Wildman–Crippen LogP) is 1.89. The third-order valence-corrected chi connectivity index (χ3v) is 6.65. The van der Waals surface area contributed by atoms with Gasteiger partial charge in [-0.1, -0.05) is 11.3 Å². The van der Waals surface area contributed by atoms with Gasteiger partial charge >= 0.3 is 5.97 Å². The summed E-state index contributed by atoms with van der Waals surface area (Å²) >= 11 is 0. The number of aliphatic imine (C=N–C) groups is 1. The van der Waals surface area contributed by atoms with Crippen LogP contribution in [0.5, 0.6) is 0 Å². The molecule has 0 radical (unpaired) electrons. The van der Waals surface area contributed by atoms with Gasteiger partial charge in [-0.25, -0.2) is 29.4 Å². The Hall–Kier alpha value is -4.59. The lowest BCUT2D eigenvalue weighted by Crippen LogP contribution is -2.45. The number of aryl methyl sites for hydroxylation is 1. The summed E-state index contributed by atoms with van der Waals surface area (Å²) in [4.78, 5) is 37.3. The van der Waals surface area contributed by atoms with Crippen molar-refractivity contribution in [1.29, 1.82) is 0 Å². The molecule has 14 heteroatoms. The van der Waals surface area contributed by atoms with Gasteiger partial charge in [-0.2, -0.15) is 5.10 Å². The second-order valence-electron chi connectivity index (χ2n) is 11.0. The second-order valence-corrected chi connectivity index (χ2v) is 11.0. The topological polar surface area (TPSA) is 151 Å². The summed E-state index contributed by atoms with van der Waals surface area (Å²) in [5.41, 5.74) is 4.28. The van der Waals surface area contributed by atoms with Crippen LogP contribution in [0.1, 0.15) is 32.8 Å². The Morgan fingerprint density at radius 3 is 2.71 bits per heavy atom. The van der Waals surface area contributed by atoms with Crippen LogP contribution < -0.4 is 4.90 Å². The van der Waals surface area contributed by atoms with E-state index in [9.17, 15) is 4.79 Å². The Kier molecular flexibility index (Phi) is 6.99. The molecule has 1 atom stereocenters. The highest BCUT2D eigenvalue weighted by Gasteiger charge is 2.26. The van der Waals surface area contributed by atoms with Gasteiger partial charge in [0, 0.05) is 56.3 Å². The number of carbonyl (C=O) groups is 1. The number of allylic oxidation sites excluding steroid dienone is 1. The molecule has 0 amide bonds. The first kappa shape index (κ1) is 26.6. The van der Waals surface area contributed by atoms with Crippen LogP contribution in [-0.2, 0) is 27.9 Å². The molecule has 0 saturated carbocycles. The lowest BCUT2D eigenvalue weighted by Gasteiger charge is -2.32. The van der Waals surface area contributed by atoms with Crippen LogP contribution in [0, 0.1) is 0 Å². The number of rotatable bonds is 6. The molecule has 2 aliphatic rings. The van der Waals surface area contributed by atoms with Gasteiger partial charge in [0.1, 0.15) is 11.3 Å². The summed E-state index contributed by atoms with van der Waals surface area (Å²) < 4.78 is 15.0. The maximum Gasteiger partial charge on any atom is 0.353 e. The van der Waals surface area contributed by atoms with Gasteiger partial charge in [-0.15, -0.1) is 5.10 Å². The number of esters is 1. The highest BCUT2D eigenvalue weighted by molar-refractivity contribution is 6.38. The molecule has 14 nitrogen and oxygen atoms in total. The van der Waals surface area contributed by atoms with Gasteiger partial charge in [-0.05, 0) is 26.3 Å². The summed E-state index contributed by atoms with van der Waals surface area (Å²) in [7, 11) is 1.86. The highest BCUT2D eigenvalue weighted by atomic mass is 16.6. The maximum atomic E-state index is 12.5. The molecule has 4 aromatic rings. The molecule has 0 N–H and O–H groups in total. The Bertz CT molecular complexity index is 1630. The maximum absolute atomic E-state index is 12.5. The molecular weight excluding hydrogens is 526 g/mol. The molecule has 212 valence electrons. The van der Waals surface area contributed by atoms with E-state index in [1.807, 2.05) is 40.1 Å². The van der Waals surface area contributed by atoms with Crippen molar-refractivity contribution in [2.75, 3.05) is 31.1 Å². The van der Waals surface area contributed by atoms with Crippen LogP contribution in [0.15, 0.2) is 42.1 Å². The summed E-state index contributed by atoms with van der Waals surface area (Å²) in [5.74, 6) is 0.223. The third-order valence-electron chi connectivity index (χ3n) is 6.65. The van der Waals surface area contributed by atoms with Crippen LogP contribution >= 0.6 is 0 Å². The second kappa shape index (κ2) is 10.8. The Morgan fingerprint density at radius 2 is 1.95 bits per heavy atom. The number of ether oxygens (including phenoxy) is 2. The van der Waals surface area contributed by atoms with E-state index in [1.165, 1.54) is 0 Å². The van der Waals surface area contributed by atoms with Crippen molar-refractivity contribution < 1.29 is 14.3 Å². The van der Waals surface area contributed by atoms with Gasteiger partial charge < -0.3 is 14.4 Å². The Morgan fingerprint density at radius 1 is 1.12 bits per heavy atom.